The normalized spacial score (nSPS) is 11.5. The highest BCUT2D eigenvalue weighted by Crippen LogP contribution is 2.33. The van der Waals surface area contributed by atoms with Gasteiger partial charge in [-0.2, -0.15) is 4.98 Å². The van der Waals surface area contributed by atoms with E-state index in [1.54, 1.807) is 24.4 Å². The van der Waals surface area contributed by atoms with Crippen molar-refractivity contribution < 1.29 is 14.2 Å². The number of benzene rings is 2. The molecule has 5 aromatic rings. The van der Waals surface area contributed by atoms with Crippen molar-refractivity contribution in [3.8, 4) is 11.8 Å². The molecule has 0 aliphatic heterocycles. The van der Waals surface area contributed by atoms with Crippen LogP contribution in [0.1, 0.15) is 5.69 Å². The highest BCUT2D eigenvalue weighted by atomic mass is 19.1. The molecule has 28 heavy (non-hydrogen) atoms. The van der Waals surface area contributed by atoms with Crippen LogP contribution >= 0.6 is 0 Å². The summed E-state index contributed by atoms with van der Waals surface area (Å²) in [5.74, 6) is -0.408. The molecule has 3 heterocycles. The molecule has 0 saturated carbocycles. The van der Waals surface area contributed by atoms with Crippen LogP contribution in [0.15, 0.2) is 53.6 Å². The smallest absolute Gasteiger partial charge is 0.295 e. The van der Waals surface area contributed by atoms with Crippen LogP contribution in [0.3, 0.4) is 0 Å². The Morgan fingerprint density at radius 3 is 2.89 bits per heavy atom. The zero-order chi connectivity index (χ0) is 19.3. The van der Waals surface area contributed by atoms with Crippen molar-refractivity contribution in [3.05, 3.63) is 70.7 Å². The molecule has 0 bridgehead atoms. The maximum atomic E-state index is 13.9. The van der Waals surface area contributed by atoms with E-state index in [1.165, 1.54) is 24.4 Å². The molecule has 7 nitrogen and oxygen atoms in total. The predicted molar refractivity (Wildman–Crippen MR) is 102 cm³/mol. The summed E-state index contributed by atoms with van der Waals surface area (Å²) in [7, 11) is 0. The Labute approximate surface area is 156 Å². The molecule has 3 aromatic heterocycles. The Morgan fingerprint density at radius 1 is 1.14 bits per heavy atom. The van der Waals surface area contributed by atoms with Gasteiger partial charge in [0.1, 0.15) is 29.4 Å². The van der Waals surface area contributed by atoms with Gasteiger partial charge in [-0.05, 0) is 36.4 Å². The van der Waals surface area contributed by atoms with Crippen LogP contribution in [-0.4, -0.2) is 25.0 Å². The van der Waals surface area contributed by atoms with E-state index in [-0.39, 0.29) is 23.9 Å². The van der Waals surface area contributed by atoms with Crippen molar-refractivity contribution in [1.29, 1.82) is 0 Å². The van der Waals surface area contributed by atoms with Gasteiger partial charge in [0, 0.05) is 28.6 Å². The number of hydrogen-bond donors (Lipinski definition) is 3. The predicted octanol–water partition coefficient (Wildman–Crippen LogP) is 3.38. The van der Waals surface area contributed by atoms with Gasteiger partial charge in [0.05, 0.1) is 10.9 Å². The van der Waals surface area contributed by atoms with Crippen LogP contribution in [0.25, 0.3) is 32.6 Å². The van der Waals surface area contributed by atoms with E-state index in [0.29, 0.717) is 38.3 Å². The van der Waals surface area contributed by atoms with Gasteiger partial charge in [-0.1, -0.05) is 0 Å². The average Bonchev–Trinajstić information content (AvgIpc) is 3.12. The van der Waals surface area contributed by atoms with E-state index < -0.39 is 5.82 Å². The number of ether oxygens (including phenoxy) is 1. The highest BCUT2D eigenvalue weighted by Gasteiger charge is 2.16. The zero-order valence-electron chi connectivity index (χ0n) is 14.4. The fourth-order valence-corrected chi connectivity index (χ4v) is 3.37. The number of nitrogens with one attached hydrogen (secondary N) is 2. The number of aromatic hydroxyl groups is 1. The second kappa shape index (κ2) is 6.05. The molecule has 0 amide bonds. The first-order valence-electron chi connectivity index (χ1n) is 8.50. The van der Waals surface area contributed by atoms with Gasteiger partial charge in [-0.3, -0.25) is 9.78 Å². The molecule has 0 aliphatic rings. The maximum Gasteiger partial charge on any atom is 0.295 e. The van der Waals surface area contributed by atoms with Crippen LogP contribution in [0.4, 0.5) is 4.39 Å². The van der Waals surface area contributed by atoms with E-state index in [1.807, 2.05) is 0 Å². The first-order valence-corrected chi connectivity index (χ1v) is 8.50. The number of imidazole rings is 1. The number of nitrogens with zero attached hydrogens (tertiary/aromatic N) is 2. The topological polar surface area (TPSA) is 104 Å². The third kappa shape index (κ3) is 2.46. The van der Waals surface area contributed by atoms with Crippen molar-refractivity contribution in [2.45, 2.75) is 6.61 Å². The molecule has 5 rings (SSSR count). The molecule has 3 N–H and O–H groups in total. The van der Waals surface area contributed by atoms with Crippen LogP contribution < -0.4 is 10.3 Å². The number of aromatic amines is 2. The van der Waals surface area contributed by atoms with Gasteiger partial charge in [0.2, 0.25) is 0 Å². The fourth-order valence-electron chi connectivity index (χ4n) is 3.37. The molecule has 0 fully saturated rings. The minimum atomic E-state index is -0.432. The molecule has 0 spiro atoms. The van der Waals surface area contributed by atoms with Crippen LogP contribution in [0.2, 0.25) is 0 Å². The van der Waals surface area contributed by atoms with Crippen LogP contribution in [0, 0.1) is 5.82 Å². The first kappa shape index (κ1) is 16.2. The number of aromatic nitrogens is 4. The van der Waals surface area contributed by atoms with Gasteiger partial charge < -0.3 is 19.8 Å². The summed E-state index contributed by atoms with van der Waals surface area (Å²) in [4.78, 5) is 26.7. The Balaban J connectivity index is 1.72. The summed E-state index contributed by atoms with van der Waals surface area (Å²) in [6, 6.07) is 9.33. The molecular weight excluding hydrogens is 363 g/mol. The summed E-state index contributed by atoms with van der Waals surface area (Å²) >= 11 is 0. The number of pyridine rings is 2. The number of fused-ring (bicyclic) bond motifs is 6. The summed E-state index contributed by atoms with van der Waals surface area (Å²) in [6.45, 7) is 0.0115. The zero-order valence-corrected chi connectivity index (χ0v) is 14.4. The van der Waals surface area contributed by atoms with Crippen molar-refractivity contribution in [2.24, 2.45) is 0 Å². The third-order valence-corrected chi connectivity index (χ3v) is 4.63. The molecule has 0 unspecified atom stereocenters. The number of rotatable bonds is 3. The lowest BCUT2D eigenvalue weighted by atomic mass is 10.0. The van der Waals surface area contributed by atoms with Gasteiger partial charge in [0.15, 0.2) is 0 Å². The summed E-state index contributed by atoms with van der Waals surface area (Å²) in [5, 5.41) is 11.9. The summed E-state index contributed by atoms with van der Waals surface area (Å²) in [5.41, 5.74) is 1.23. The Morgan fingerprint density at radius 2 is 2.04 bits per heavy atom. The number of hydrogen-bond acceptors (Lipinski definition) is 5. The van der Waals surface area contributed by atoms with E-state index in [4.69, 9.17) is 4.74 Å². The van der Waals surface area contributed by atoms with E-state index in [0.717, 1.165) is 0 Å². The van der Waals surface area contributed by atoms with Crippen molar-refractivity contribution >= 4 is 32.6 Å². The maximum absolute atomic E-state index is 13.9. The minimum absolute atomic E-state index is 0.0115. The van der Waals surface area contributed by atoms with Gasteiger partial charge in [0.25, 0.3) is 11.6 Å². The van der Waals surface area contributed by atoms with Crippen LogP contribution in [0.5, 0.6) is 11.8 Å². The Bertz CT molecular complexity index is 1420. The van der Waals surface area contributed by atoms with Crippen molar-refractivity contribution in [3.63, 3.8) is 0 Å². The lowest BCUT2D eigenvalue weighted by Gasteiger charge is -2.05. The Kier molecular flexibility index (Phi) is 3.51. The quantitative estimate of drug-likeness (QED) is 0.419. The second-order valence-electron chi connectivity index (χ2n) is 6.31. The molecular formula is C20H13FN4O3. The van der Waals surface area contributed by atoms with E-state index in [9.17, 15) is 14.3 Å². The minimum Gasteiger partial charge on any atom is -0.506 e. The number of H-pyrrole nitrogens is 2. The molecule has 2 aromatic carbocycles. The molecule has 0 atom stereocenters. The molecule has 0 aliphatic carbocycles. The lowest BCUT2D eigenvalue weighted by molar-refractivity contribution is 0.274. The first-order chi connectivity index (χ1) is 13.6. The monoisotopic (exact) mass is 376 g/mol. The molecule has 0 radical (unpaired) electrons. The molecule has 0 saturated heterocycles. The number of halogens is 1. The van der Waals surface area contributed by atoms with Gasteiger partial charge >= 0.3 is 0 Å². The van der Waals surface area contributed by atoms with Crippen molar-refractivity contribution in [2.75, 3.05) is 0 Å². The molecule has 8 heteroatoms. The van der Waals surface area contributed by atoms with E-state index >= 15 is 0 Å². The standard InChI is InChI=1S/C20H13FN4O3/c21-10-3-4-11-13(8-10)16-12(5-7-23-19(16)27)18-17(11)24-20(25-18)28-9-14-15(26)2-1-6-22-14/h1-8,26H,9H2,(H,23,27)(H,24,25). The van der Waals surface area contributed by atoms with Crippen LogP contribution in [-0.2, 0) is 6.61 Å². The third-order valence-electron chi connectivity index (χ3n) is 4.63. The van der Waals surface area contributed by atoms with Crippen molar-refractivity contribution in [1.82, 2.24) is 19.9 Å². The summed E-state index contributed by atoms with van der Waals surface area (Å²) < 4.78 is 19.5. The van der Waals surface area contributed by atoms with Gasteiger partial charge in [-0.15, -0.1) is 0 Å². The summed E-state index contributed by atoms with van der Waals surface area (Å²) in [6.07, 6.45) is 3.08. The molecule has 138 valence electrons. The Hall–Kier alpha value is -3.94. The highest BCUT2D eigenvalue weighted by molar-refractivity contribution is 6.23. The van der Waals surface area contributed by atoms with E-state index in [2.05, 4.69) is 19.9 Å². The fraction of sp³-hybridized carbons (Fsp3) is 0.0500. The second-order valence-corrected chi connectivity index (χ2v) is 6.31. The average molecular weight is 376 g/mol. The SMILES string of the molecule is O=c1[nH]ccc2c3nc(OCc4ncccc4O)[nH]c3c3ccc(F)cc3c12. The largest absolute Gasteiger partial charge is 0.506 e. The van der Waals surface area contributed by atoms with Gasteiger partial charge in [-0.25, -0.2) is 4.39 Å². The lowest BCUT2D eigenvalue weighted by Crippen LogP contribution is -2.05.